The van der Waals surface area contributed by atoms with Crippen LogP contribution in [0, 0.1) is 0 Å². The van der Waals surface area contributed by atoms with E-state index in [-0.39, 0.29) is 79.1 Å². The third-order valence-electron chi connectivity index (χ3n) is 25.4. The van der Waals surface area contributed by atoms with Crippen molar-refractivity contribution in [1.82, 2.24) is 110 Å². The maximum absolute atomic E-state index is 15.9. The van der Waals surface area contributed by atoms with Gasteiger partial charge < -0.3 is 142 Å². The molecule has 2 fully saturated rings. The fraction of sp³-hybridized carbons (Fsp3) is 0.320. The number of primary amides is 2. The first kappa shape index (κ1) is 109. The van der Waals surface area contributed by atoms with Gasteiger partial charge in [0.15, 0.2) is 0 Å². The molecule has 2 aliphatic rings. The van der Waals surface area contributed by atoms with Gasteiger partial charge in [0.1, 0.15) is 102 Å². The number of aromatic amines is 4. The maximum Gasteiger partial charge on any atom is 0.326 e. The monoisotopic (exact) mass is 2060 g/mol. The summed E-state index contributed by atoms with van der Waals surface area (Å²) < 4.78 is 0. The highest BCUT2D eigenvalue weighted by Gasteiger charge is 2.43. The van der Waals surface area contributed by atoms with Gasteiger partial charge in [-0.1, -0.05) is 133 Å². The summed E-state index contributed by atoms with van der Waals surface area (Å²) in [7, 11) is 0. The van der Waals surface area contributed by atoms with E-state index >= 15 is 33.6 Å². The SMILES string of the molecule is C[C@@H]1NC(=O)[C@@H]([C@@H](C)O)NC(=O)CNC(=O)[C@H](Cc2c[nH]cn2)NC(=O)[C@H](Cc2c[nH]c3ccccc23)NC(=O)[C@H](CC(N)=O)NC(=O)CNC(=O)C[C@@H](C(=O)N[C@H](Cc2c[nH]c3ccccc23)C(=O)N[C@@H](Cc2ccccc2)C(=O)N[C@H](Cc2ccccc2)C(=O)N[C@H](CC(N)=O)C(=O)N[C@@H](Cc2ccc(O)cc2)C(=O)N[C@H](Cc2ccc(O)cc2)C(=O)N[C@@H](Cc2c[nH]c3c(O)cccc23)C(=O)O)NC(=O)[C@@H]2CCCN2C1=O. The smallest absolute Gasteiger partial charge is 0.326 e. The maximum atomic E-state index is 15.9. The normalized spacial score (nSPS) is 19.0. The van der Waals surface area contributed by atoms with Crippen LogP contribution >= 0.6 is 0 Å². The van der Waals surface area contributed by atoms with Crippen LogP contribution in [0.1, 0.15) is 90.6 Å². The van der Waals surface area contributed by atoms with Crippen LogP contribution in [0.5, 0.6) is 17.2 Å². The quantitative estimate of drug-likeness (QED) is 0.0191. The summed E-state index contributed by atoms with van der Waals surface area (Å²) in [5.41, 5.74) is 15.7. The first-order chi connectivity index (χ1) is 71.8. The molecule has 47 nitrogen and oxygen atoms in total. The van der Waals surface area contributed by atoms with E-state index in [9.17, 15) is 83.1 Å². The number of carboxylic acids is 1. The number of carbonyl (C=O) groups excluding carboxylic acids is 18. The molecule has 18 amide bonds. The number of carbonyl (C=O) groups is 19. The lowest BCUT2D eigenvalue weighted by molar-refractivity contribution is -0.143. The van der Waals surface area contributed by atoms with Gasteiger partial charge in [-0.3, -0.25) is 86.3 Å². The van der Waals surface area contributed by atoms with Crippen LogP contribution in [0.2, 0.25) is 0 Å². The Hall–Kier alpha value is -18.3. The largest absolute Gasteiger partial charge is 0.508 e. The number of H-pyrrole nitrogens is 4. The molecule has 0 saturated carbocycles. The van der Waals surface area contributed by atoms with Crippen molar-refractivity contribution in [1.29, 1.82) is 0 Å². The van der Waals surface area contributed by atoms with Gasteiger partial charge in [-0.25, -0.2) is 9.78 Å². The van der Waals surface area contributed by atoms with Crippen molar-refractivity contribution in [2.75, 3.05) is 19.6 Å². The molecule has 7 aromatic carbocycles. The molecule has 11 aromatic rings. The number of amides is 18. The molecule has 150 heavy (non-hydrogen) atoms. The lowest BCUT2D eigenvalue weighted by Crippen LogP contribution is -2.62. The van der Waals surface area contributed by atoms with Crippen molar-refractivity contribution < 1.29 is 117 Å². The Morgan fingerprint density at radius 1 is 0.433 bits per heavy atom. The van der Waals surface area contributed by atoms with E-state index in [2.05, 4.69) is 105 Å². The number of aromatic hydroxyl groups is 3. The number of nitrogens with one attached hydrogen (secondary N) is 19. The highest BCUT2D eigenvalue weighted by atomic mass is 16.4. The predicted octanol–water partition coefficient (Wildman–Crippen LogP) is -2.62. The Labute approximate surface area is 855 Å². The van der Waals surface area contributed by atoms with Crippen molar-refractivity contribution in [2.24, 2.45) is 11.5 Å². The second-order valence-electron chi connectivity index (χ2n) is 36.5. The van der Waals surface area contributed by atoms with Crippen LogP contribution in [0.25, 0.3) is 32.7 Å². The third-order valence-corrected chi connectivity index (χ3v) is 25.4. The van der Waals surface area contributed by atoms with E-state index in [4.69, 9.17) is 11.5 Å². The molecule has 28 N–H and O–H groups in total. The predicted molar refractivity (Wildman–Crippen MR) is 537 cm³/mol. The fourth-order valence-corrected chi connectivity index (χ4v) is 17.6. The highest BCUT2D eigenvalue weighted by Crippen LogP contribution is 2.29. The second-order valence-corrected chi connectivity index (χ2v) is 36.5. The number of imidazole rings is 1. The zero-order valence-corrected chi connectivity index (χ0v) is 81.1. The standard InChI is InChI=1S/C103H115N23O24/c1-53-102(148)126-34-14-24-81(126)100(146)123-79(45-85(133)109-50-86(134)114-77(43-83(104)131)97(143)119-75(40-60-47-108-69-23-12-10-20-66(60)69)96(142)121-76(42-62-49-106-52-112-62)90(136)111-51-87(135)125-88(54(2)127)101(147)113-53)99(145)120-74(39-59-46-107-68-22-11-9-19-65(59)68)95(141)117-70(35-55-15-5-3-6-16-55)91(137)115-71(36-56-17-7-4-8-18-56)93(139)122-78(44-84(105)132)98(144)118-72(37-57-26-30-63(128)31-27-57)92(138)116-73(38-58-28-32-64(129)33-29-58)94(140)124-80(103(149)150)41-61-48-110-89-67(61)21-13-25-82(89)130/h3-13,15-23,25-33,46-49,52-54,70-81,88,107-108,110,127-130H,14,24,34-45,50-51H2,1-2H3,(H2,104,131)(H2,105,132)(H,106,112)(H,109,133)(H,111,136)(H,113,147)(H,114,134)(H,115,137)(H,116,138)(H,117,141)(H,118,144)(H,119,143)(H,120,145)(H,121,142)(H,122,139)(H,123,146)(H,124,140)(H,125,135)(H,149,150)/t53-,54+,70-,71+,72-,73+,74+,75-,76-,77-,78+,79-,80-,81-,88+/m0/s1. The average Bonchev–Trinajstić information content (AvgIpc) is 1.63. The number of nitrogens with zero attached hydrogens (tertiary/aromatic N) is 2. The van der Waals surface area contributed by atoms with Crippen molar-refractivity contribution >= 4 is 145 Å². The summed E-state index contributed by atoms with van der Waals surface area (Å²) in [5, 5.41) is 91.9. The molecule has 0 bridgehead atoms. The number of fused-ring (bicyclic) bond motifs is 4. The molecular weight excluding hydrogens is 1940 g/mol. The summed E-state index contributed by atoms with van der Waals surface area (Å²) in [6.07, 6.45) is -0.616. The lowest BCUT2D eigenvalue weighted by atomic mass is 10.00. The van der Waals surface area contributed by atoms with E-state index in [1.54, 1.807) is 121 Å². The zero-order chi connectivity index (χ0) is 108. The van der Waals surface area contributed by atoms with Gasteiger partial charge in [0.05, 0.1) is 56.0 Å². The number of aliphatic carboxylic acids is 1. The number of aromatic nitrogens is 5. The number of phenolic OH excluding ortho intramolecular Hbond substituents is 3. The van der Waals surface area contributed by atoms with Gasteiger partial charge >= 0.3 is 5.97 Å². The van der Waals surface area contributed by atoms with E-state index in [0.29, 0.717) is 60.6 Å². The van der Waals surface area contributed by atoms with Gasteiger partial charge in [0, 0.05) is 110 Å². The Kier molecular flexibility index (Phi) is 37.0. The second kappa shape index (κ2) is 50.9. The number of nitrogens with two attached hydrogens (primary N) is 2. The van der Waals surface area contributed by atoms with Crippen LogP contribution in [-0.2, 0) is 142 Å². The van der Waals surface area contributed by atoms with Crippen LogP contribution in [0.4, 0.5) is 0 Å². The summed E-state index contributed by atoms with van der Waals surface area (Å²) >= 11 is 0. The molecule has 6 heterocycles. The number of carboxylic acid groups (broad SMARTS) is 1. The number of aliphatic hydroxyl groups is 1. The minimum atomic E-state index is -2.12. The lowest BCUT2D eigenvalue weighted by Gasteiger charge is -2.30. The Morgan fingerprint density at radius 2 is 0.893 bits per heavy atom. The molecule has 15 atom stereocenters. The van der Waals surface area contributed by atoms with Crippen molar-refractivity contribution in [2.45, 2.75) is 188 Å². The average molecular weight is 2060 g/mol. The number of aliphatic hydroxyl groups excluding tert-OH is 1. The van der Waals surface area contributed by atoms with E-state index in [1.165, 1.54) is 92.5 Å². The Morgan fingerprint density at radius 3 is 1.43 bits per heavy atom. The number of para-hydroxylation sites is 3. The van der Waals surface area contributed by atoms with E-state index < -0.39 is 261 Å². The fourth-order valence-electron chi connectivity index (χ4n) is 17.6. The molecule has 786 valence electrons. The summed E-state index contributed by atoms with van der Waals surface area (Å²) in [6, 6.07) is 20.3. The van der Waals surface area contributed by atoms with E-state index in [1.807, 2.05) is 0 Å². The van der Waals surface area contributed by atoms with Crippen LogP contribution in [0.15, 0.2) is 207 Å². The van der Waals surface area contributed by atoms with Crippen LogP contribution in [0.3, 0.4) is 0 Å². The van der Waals surface area contributed by atoms with Gasteiger partial charge in [0.25, 0.3) is 0 Å². The molecule has 4 aromatic heterocycles. The number of hydrogen-bond acceptors (Lipinski definition) is 24. The first-order valence-electron chi connectivity index (χ1n) is 48.1. The minimum absolute atomic E-state index is 0.117. The van der Waals surface area contributed by atoms with Crippen molar-refractivity contribution in [3.05, 3.63) is 252 Å². The molecule has 2 aliphatic heterocycles. The van der Waals surface area contributed by atoms with Crippen molar-refractivity contribution in [3.8, 4) is 17.2 Å². The van der Waals surface area contributed by atoms with Gasteiger partial charge in [-0.05, 0) is 108 Å². The number of hydrogen-bond donors (Lipinski definition) is 26. The minimum Gasteiger partial charge on any atom is -0.508 e. The van der Waals surface area contributed by atoms with E-state index in [0.717, 1.165) is 11.8 Å². The molecule has 0 radical (unpaired) electrons. The number of rotatable bonds is 36. The summed E-state index contributed by atoms with van der Waals surface area (Å²) in [6.45, 7) is 0.254. The molecule has 2 saturated heterocycles. The first-order valence-corrected chi connectivity index (χ1v) is 48.1. The van der Waals surface area contributed by atoms with Crippen LogP contribution < -0.4 is 91.2 Å². The van der Waals surface area contributed by atoms with Gasteiger partial charge in [-0.2, -0.15) is 0 Å². The molecule has 13 rings (SSSR count). The molecule has 47 heteroatoms. The Balaban J connectivity index is 0.784. The summed E-state index contributed by atoms with van der Waals surface area (Å²) in [5.74, 6) is -22.3. The summed E-state index contributed by atoms with van der Waals surface area (Å²) in [4.78, 5) is 294. The van der Waals surface area contributed by atoms with Gasteiger partial charge in [0.2, 0.25) is 106 Å². The zero-order valence-electron chi connectivity index (χ0n) is 81.1. The van der Waals surface area contributed by atoms with Crippen LogP contribution in [-0.4, -0.2) is 278 Å². The van der Waals surface area contributed by atoms with Crippen molar-refractivity contribution in [3.63, 3.8) is 0 Å². The number of benzene rings is 7. The molecule has 0 spiro atoms. The topological polar surface area (TPSA) is 737 Å². The molecule has 0 unspecified atom stereocenters. The molecule has 0 aliphatic carbocycles. The number of phenols is 3. The highest BCUT2D eigenvalue weighted by molar-refractivity contribution is 6.04. The Bertz CT molecular complexity index is 6800. The molecular formula is C103H115N23O24. The third kappa shape index (κ3) is 30.0. The van der Waals surface area contributed by atoms with Gasteiger partial charge in [-0.15, -0.1) is 0 Å².